The van der Waals surface area contributed by atoms with Crippen LogP contribution < -0.4 is 5.32 Å². The molecule has 4 rings (SSSR count). The van der Waals surface area contributed by atoms with E-state index in [0.717, 1.165) is 27.0 Å². The van der Waals surface area contributed by atoms with Crippen molar-refractivity contribution in [1.82, 2.24) is 19.6 Å². The van der Waals surface area contributed by atoms with E-state index in [-0.39, 0.29) is 11.6 Å². The summed E-state index contributed by atoms with van der Waals surface area (Å²) in [6.07, 6.45) is 2.57. The molecule has 3 heterocycles. The Kier molecular flexibility index (Phi) is 6.19. The second-order valence-electron chi connectivity index (χ2n) is 7.26. The van der Waals surface area contributed by atoms with Crippen molar-refractivity contribution in [2.45, 2.75) is 26.9 Å². The van der Waals surface area contributed by atoms with E-state index in [1.54, 1.807) is 6.07 Å². The molecule has 0 saturated carbocycles. The fourth-order valence-electron chi connectivity index (χ4n) is 3.27. The number of rotatable bonds is 7. The summed E-state index contributed by atoms with van der Waals surface area (Å²) < 4.78 is 4.37. The average Bonchev–Trinajstić information content (AvgIpc) is 3.47. The third kappa shape index (κ3) is 4.78. The van der Waals surface area contributed by atoms with Crippen molar-refractivity contribution in [3.8, 4) is 0 Å². The summed E-state index contributed by atoms with van der Waals surface area (Å²) in [5.74, 6) is -0.220. The lowest BCUT2D eigenvalue weighted by atomic mass is 10.2. The van der Waals surface area contributed by atoms with Gasteiger partial charge in [-0.05, 0) is 48.6 Å². The molecule has 0 spiro atoms. The number of nitrogens with zero attached hydrogens (tertiary/aromatic N) is 5. The highest BCUT2D eigenvalue weighted by atomic mass is 79.9. The Morgan fingerprint density at radius 2 is 1.97 bits per heavy atom. The van der Waals surface area contributed by atoms with E-state index in [4.69, 9.17) is 0 Å². The lowest BCUT2D eigenvalue weighted by Crippen LogP contribution is -2.12. The van der Waals surface area contributed by atoms with Crippen LogP contribution >= 0.6 is 27.3 Å². The first-order chi connectivity index (χ1) is 15.3. The van der Waals surface area contributed by atoms with Crippen molar-refractivity contribution < 1.29 is 9.72 Å². The maximum Gasteiger partial charge on any atom is 0.307 e. The molecule has 0 aliphatic rings. The van der Waals surface area contributed by atoms with Gasteiger partial charge in [-0.2, -0.15) is 10.2 Å². The second kappa shape index (κ2) is 9.05. The molecule has 0 fully saturated rings. The fourth-order valence-corrected chi connectivity index (χ4v) is 4.33. The molecule has 164 valence electrons. The number of hydrogen-bond acceptors (Lipinski definition) is 6. The minimum Gasteiger partial charge on any atom is -0.318 e. The summed E-state index contributed by atoms with van der Waals surface area (Å²) in [7, 11) is 0. The lowest BCUT2D eigenvalue weighted by Gasteiger charge is -2.07. The normalized spacial score (nSPS) is 11.0. The van der Waals surface area contributed by atoms with Crippen LogP contribution in [0.25, 0.3) is 0 Å². The molecule has 0 radical (unpaired) electrons. The van der Waals surface area contributed by atoms with E-state index in [1.165, 1.54) is 28.4 Å². The first-order valence-electron chi connectivity index (χ1n) is 9.64. The van der Waals surface area contributed by atoms with Crippen molar-refractivity contribution in [2.75, 3.05) is 5.32 Å². The first kappa shape index (κ1) is 21.9. The summed E-state index contributed by atoms with van der Waals surface area (Å²) in [6.45, 7) is 4.75. The molecule has 1 amide bonds. The molecule has 0 aliphatic carbocycles. The van der Waals surface area contributed by atoms with Crippen molar-refractivity contribution in [2.24, 2.45) is 0 Å². The molecule has 0 unspecified atom stereocenters. The fraction of sp³-hybridized carbons (Fsp3) is 0.190. The molecule has 0 bridgehead atoms. The molecule has 32 heavy (non-hydrogen) atoms. The van der Waals surface area contributed by atoms with E-state index in [2.05, 4.69) is 31.4 Å². The molecule has 1 N–H and O–H groups in total. The van der Waals surface area contributed by atoms with E-state index >= 15 is 0 Å². The number of thiophene rings is 1. The first-order valence-corrected chi connectivity index (χ1v) is 11.3. The Balaban J connectivity index is 1.45. The van der Waals surface area contributed by atoms with Gasteiger partial charge in [0.2, 0.25) is 0 Å². The van der Waals surface area contributed by atoms with Gasteiger partial charge in [-0.25, -0.2) is 0 Å². The Labute approximate surface area is 196 Å². The lowest BCUT2D eigenvalue weighted by molar-refractivity contribution is -0.385. The number of nitro groups is 1. The van der Waals surface area contributed by atoms with Crippen LogP contribution in [-0.4, -0.2) is 30.4 Å². The van der Waals surface area contributed by atoms with Crippen molar-refractivity contribution in [3.05, 3.63) is 90.1 Å². The zero-order chi connectivity index (χ0) is 22.8. The summed E-state index contributed by atoms with van der Waals surface area (Å²) in [5, 5.41) is 24.2. The minimum atomic E-state index is -0.489. The number of carbonyl (C=O) groups excluding carboxylic acids is 1. The minimum absolute atomic E-state index is 0.0655. The SMILES string of the molecule is Cc1nn(Cc2ccc(Br)cc2)c(C)c1NC(=O)c1cc(Cn2cc([N+](=O)[O-])cn2)cs1. The van der Waals surface area contributed by atoms with E-state index in [9.17, 15) is 14.9 Å². The number of aromatic nitrogens is 4. The molecular weight excluding hydrogens is 496 g/mol. The summed E-state index contributed by atoms with van der Waals surface area (Å²) >= 11 is 4.75. The molecule has 9 nitrogen and oxygen atoms in total. The number of amides is 1. The smallest absolute Gasteiger partial charge is 0.307 e. The van der Waals surface area contributed by atoms with Crippen LogP contribution in [-0.2, 0) is 13.1 Å². The predicted octanol–water partition coefficient (Wildman–Crippen LogP) is 4.78. The molecule has 0 atom stereocenters. The Morgan fingerprint density at radius 3 is 2.66 bits per heavy atom. The highest BCUT2D eigenvalue weighted by molar-refractivity contribution is 9.10. The Bertz CT molecular complexity index is 1290. The number of anilines is 1. The van der Waals surface area contributed by atoms with Crippen molar-refractivity contribution in [1.29, 1.82) is 0 Å². The maximum atomic E-state index is 12.8. The molecule has 0 aliphatic heterocycles. The third-order valence-corrected chi connectivity index (χ3v) is 6.42. The predicted molar refractivity (Wildman–Crippen MR) is 125 cm³/mol. The number of benzene rings is 1. The van der Waals surface area contributed by atoms with Gasteiger partial charge < -0.3 is 5.32 Å². The number of nitrogens with one attached hydrogen (secondary N) is 1. The van der Waals surface area contributed by atoms with Gasteiger partial charge in [-0.15, -0.1) is 11.3 Å². The van der Waals surface area contributed by atoms with Gasteiger partial charge in [0.25, 0.3) is 5.91 Å². The van der Waals surface area contributed by atoms with E-state index in [0.29, 0.717) is 23.7 Å². The Morgan fingerprint density at radius 1 is 1.22 bits per heavy atom. The molecule has 4 aromatic rings. The molecule has 1 aromatic carbocycles. The van der Waals surface area contributed by atoms with E-state index < -0.39 is 4.92 Å². The largest absolute Gasteiger partial charge is 0.318 e. The highest BCUT2D eigenvalue weighted by Crippen LogP contribution is 2.24. The number of hydrogen-bond donors (Lipinski definition) is 1. The Hall–Kier alpha value is -3.31. The van der Waals surface area contributed by atoms with Gasteiger partial charge in [0, 0.05) is 4.47 Å². The highest BCUT2D eigenvalue weighted by Gasteiger charge is 2.17. The number of carbonyl (C=O) groups is 1. The number of halogens is 1. The standard InChI is InChI=1S/C21H19BrN6O3S/c1-13-20(14(2)27(25-13)10-15-3-5-17(22)6-4-15)24-21(29)19-7-16(12-32-19)9-26-11-18(8-23-26)28(30)31/h3-8,11-12H,9-10H2,1-2H3,(H,24,29). The molecular formula is C21H19BrN6O3S. The van der Waals surface area contributed by atoms with Gasteiger partial charge in [-0.1, -0.05) is 28.1 Å². The number of aryl methyl sites for hydroxylation is 1. The summed E-state index contributed by atoms with van der Waals surface area (Å²) in [5.41, 5.74) is 4.21. The molecule has 11 heteroatoms. The topological polar surface area (TPSA) is 108 Å². The van der Waals surface area contributed by atoms with E-state index in [1.807, 2.05) is 48.2 Å². The van der Waals surface area contributed by atoms with Crippen LogP contribution in [0.3, 0.4) is 0 Å². The monoisotopic (exact) mass is 514 g/mol. The van der Waals surface area contributed by atoms with Gasteiger partial charge in [-0.3, -0.25) is 24.3 Å². The molecule has 3 aromatic heterocycles. The summed E-state index contributed by atoms with van der Waals surface area (Å²) in [6, 6.07) is 9.80. The van der Waals surface area contributed by atoms with Crippen molar-refractivity contribution >= 4 is 44.5 Å². The summed E-state index contributed by atoms with van der Waals surface area (Å²) in [4.78, 5) is 23.7. The van der Waals surface area contributed by atoms with Gasteiger partial charge in [0.05, 0.1) is 40.0 Å². The zero-order valence-corrected chi connectivity index (χ0v) is 19.7. The third-order valence-electron chi connectivity index (χ3n) is 4.92. The van der Waals surface area contributed by atoms with Crippen LogP contribution in [0.5, 0.6) is 0 Å². The second-order valence-corrected chi connectivity index (χ2v) is 9.08. The average molecular weight is 515 g/mol. The zero-order valence-electron chi connectivity index (χ0n) is 17.3. The van der Waals surface area contributed by atoms with Gasteiger partial charge >= 0.3 is 5.69 Å². The van der Waals surface area contributed by atoms with Crippen LogP contribution in [0, 0.1) is 24.0 Å². The van der Waals surface area contributed by atoms with Crippen LogP contribution in [0.15, 0.2) is 52.6 Å². The van der Waals surface area contributed by atoms with Crippen LogP contribution in [0.1, 0.15) is 32.2 Å². The van der Waals surface area contributed by atoms with Gasteiger partial charge in [0.15, 0.2) is 0 Å². The quantitative estimate of drug-likeness (QED) is 0.282. The molecule has 0 saturated heterocycles. The van der Waals surface area contributed by atoms with Crippen molar-refractivity contribution in [3.63, 3.8) is 0 Å². The van der Waals surface area contributed by atoms with Gasteiger partial charge in [0.1, 0.15) is 12.4 Å². The maximum absolute atomic E-state index is 12.8. The van der Waals surface area contributed by atoms with Crippen LogP contribution in [0.2, 0.25) is 0 Å². The van der Waals surface area contributed by atoms with Crippen LogP contribution in [0.4, 0.5) is 11.4 Å².